The number of aromatic nitrogens is 1. The number of likely N-dealkylation sites (N-methyl/N-ethyl adjacent to an activating group) is 1. The zero-order chi connectivity index (χ0) is 17.7. The van der Waals surface area contributed by atoms with Gasteiger partial charge in [-0.3, -0.25) is 4.79 Å². The topological polar surface area (TPSA) is 25.2 Å². The molecule has 2 unspecified atom stereocenters. The fourth-order valence-corrected chi connectivity index (χ4v) is 4.44. The molecule has 3 heteroatoms. The molecule has 4 rings (SSSR count). The van der Waals surface area contributed by atoms with E-state index in [-0.39, 0.29) is 17.9 Å². The summed E-state index contributed by atoms with van der Waals surface area (Å²) >= 11 is 0. The third-order valence-electron chi connectivity index (χ3n) is 5.59. The molecule has 1 amide bonds. The third-order valence-corrected chi connectivity index (χ3v) is 5.59. The van der Waals surface area contributed by atoms with Crippen LogP contribution in [0.4, 0.5) is 0 Å². The smallest absolute Gasteiger partial charge is 0.254 e. The molecule has 25 heavy (non-hydrogen) atoms. The third kappa shape index (κ3) is 2.30. The zero-order valence-electron chi connectivity index (χ0n) is 15.2. The molecule has 0 radical (unpaired) electrons. The van der Waals surface area contributed by atoms with Gasteiger partial charge in [0.15, 0.2) is 0 Å². The Morgan fingerprint density at radius 2 is 1.60 bits per heavy atom. The van der Waals surface area contributed by atoms with Crippen LogP contribution in [0.5, 0.6) is 0 Å². The van der Waals surface area contributed by atoms with Gasteiger partial charge in [0.1, 0.15) is 0 Å². The molecule has 0 N–H and O–H groups in total. The van der Waals surface area contributed by atoms with Crippen molar-refractivity contribution < 1.29 is 4.79 Å². The zero-order valence-corrected chi connectivity index (χ0v) is 15.2. The van der Waals surface area contributed by atoms with Gasteiger partial charge in [0.2, 0.25) is 0 Å². The summed E-state index contributed by atoms with van der Waals surface area (Å²) in [4.78, 5) is 15.0. The van der Waals surface area contributed by atoms with E-state index >= 15 is 0 Å². The van der Waals surface area contributed by atoms with Crippen LogP contribution in [0.2, 0.25) is 0 Å². The van der Waals surface area contributed by atoms with Crippen molar-refractivity contribution in [1.29, 1.82) is 0 Å². The second kappa shape index (κ2) is 5.76. The minimum atomic E-state index is 0.0495. The first-order valence-corrected chi connectivity index (χ1v) is 8.90. The van der Waals surface area contributed by atoms with Gasteiger partial charge < -0.3 is 9.47 Å². The normalized spacial score (nSPS) is 20.4. The van der Waals surface area contributed by atoms with Crippen molar-refractivity contribution in [2.75, 3.05) is 7.05 Å². The largest absolute Gasteiger partial charge is 0.350 e. The first-order valence-electron chi connectivity index (χ1n) is 8.90. The Morgan fingerprint density at radius 3 is 2.36 bits per heavy atom. The van der Waals surface area contributed by atoms with Crippen molar-refractivity contribution in [2.24, 2.45) is 13.0 Å². The molecule has 0 saturated heterocycles. The van der Waals surface area contributed by atoms with Crippen molar-refractivity contribution in [3.05, 3.63) is 71.4 Å². The molecule has 0 bridgehead atoms. The molecule has 3 aromatic rings. The molecule has 0 saturated carbocycles. The minimum Gasteiger partial charge on any atom is -0.350 e. The van der Waals surface area contributed by atoms with Crippen LogP contribution in [0.1, 0.15) is 47.3 Å². The van der Waals surface area contributed by atoms with Gasteiger partial charge in [0.25, 0.3) is 5.91 Å². The van der Waals surface area contributed by atoms with Crippen LogP contribution >= 0.6 is 0 Å². The van der Waals surface area contributed by atoms with E-state index in [4.69, 9.17) is 0 Å². The Labute approximate surface area is 148 Å². The minimum absolute atomic E-state index is 0.0495. The highest BCUT2D eigenvalue weighted by Gasteiger charge is 2.41. The lowest BCUT2D eigenvalue weighted by molar-refractivity contribution is 0.0649. The Hall–Kier alpha value is -2.55. The van der Waals surface area contributed by atoms with Crippen molar-refractivity contribution in [3.63, 3.8) is 0 Å². The summed E-state index contributed by atoms with van der Waals surface area (Å²) in [5.41, 5.74) is 4.47. The van der Waals surface area contributed by atoms with E-state index < -0.39 is 0 Å². The number of amides is 1. The molecule has 0 spiro atoms. The number of carbonyl (C=O) groups is 1. The highest BCUT2D eigenvalue weighted by Crippen LogP contribution is 2.47. The number of para-hydroxylation sites is 1. The van der Waals surface area contributed by atoms with Crippen LogP contribution in [-0.4, -0.2) is 22.4 Å². The molecule has 2 atom stereocenters. The van der Waals surface area contributed by atoms with Gasteiger partial charge in [0, 0.05) is 48.2 Å². The Kier molecular flexibility index (Phi) is 3.68. The van der Waals surface area contributed by atoms with E-state index in [0.29, 0.717) is 5.92 Å². The monoisotopic (exact) mass is 332 g/mol. The van der Waals surface area contributed by atoms with E-state index in [1.54, 1.807) is 0 Å². The molecule has 2 aromatic carbocycles. The lowest BCUT2D eigenvalue weighted by Gasteiger charge is -2.42. The van der Waals surface area contributed by atoms with Gasteiger partial charge in [-0.2, -0.15) is 0 Å². The first kappa shape index (κ1) is 15.9. The van der Waals surface area contributed by atoms with Gasteiger partial charge >= 0.3 is 0 Å². The number of nitrogens with zero attached hydrogens (tertiary/aromatic N) is 2. The molecule has 2 heterocycles. The van der Waals surface area contributed by atoms with E-state index in [0.717, 1.165) is 5.56 Å². The predicted molar refractivity (Wildman–Crippen MR) is 102 cm³/mol. The van der Waals surface area contributed by atoms with Crippen molar-refractivity contribution in [3.8, 4) is 0 Å². The summed E-state index contributed by atoms with van der Waals surface area (Å²) in [5, 5.41) is 1.24. The quantitative estimate of drug-likeness (QED) is 0.665. The van der Waals surface area contributed by atoms with E-state index in [9.17, 15) is 4.79 Å². The van der Waals surface area contributed by atoms with Crippen LogP contribution in [0, 0.1) is 5.92 Å². The summed E-state index contributed by atoms with van der Waals surface area (Å²) < 4.78 is 2.17. The second-order valence-corrected chi connectivity index (χ2v) is 7.43. The van der Waals surface area contributed by atoms with E-state index in [1.807, 2.05) is 30.1 Å². The number of aryl methyl sites for hydroxylation is 1. The molecule has 128 valence electrons. The Morgan fingerprint density at radius 1 is 0.920 bits per heavy atom. The Balaban J connectivity index is 1.97. The number of hydrogen-bond acceptors (Lipinski definition) is 1. The average molecular weight is 332 g/mol. The van der Waals surface area contributed by atoms with Gasteiger partial charge in [0.05, 0.1) is 6.04 Å². The van der Waals surface area contributed by atoms with Crippen LogP contribution in [0.25, 0.3) is 10.9 Å². The predicted octanol–water partition coefficient (Wildman–Crippen LogP) is 4.74. The maximum atomic E-state index is 13.0. The van der Waals surface area contributed by atoms with Gasteiger partial charge in [-0.25, -0.2) is 0 Å². The number of rotatable bonds is 2. The van der Waals surface area contributed by atoms with Gasteiger partial charge in [-0.05, 0) is 23.6 Å². The fraction of sp³-hybridized carbons (Fsp3) is 0.318. The summed E-state index contributed by atoms with van der Waals surface area (Å²) in [6, 6.07) is 16.6. The molecular weight excluding hydrogens is 308 g/mol. The van der Waals surface area contributed by atoms with Crippen LogP contribution in [0.3, 0.4) is 0 Å². The summed E-state index contributed by atoms with van der Waals surface area (Å²) in [6.45, 7) is 4.51. The van der Waals surface area contributed by atoms with Gasteiger partial charge in [-0.1, -0.05) is 50.2 Å². The van der Waals surface area contributed by atoms with Crippen molar-refractivity contribution >= 4 is 16.8 Å². The molecule has 1 aliphatic rings. The lowest BCUT2D eigenvalue weighted by Crippen LogP contribution is -2.41. The average Bonchev–Trinajstić information content (AvgIpc) is 2.94. The highest BCUT2D eigenvalue weighted by molar-refractivity contribution is 5.98. The maximum Gasteiger partial charge on any atom is 0.254 e. The standard InChI is InChI=1S/C22H24N2O/c1-14(2)20-16-10-5-6-11-17(16)22(25)24(4)21(20)18-13-23(3)19-12-8-7-9-15(18)19/h5-14,20-21H,1-4H3. The van der Waals surface area contributed by atoms with Crippen LogP contribution in [0.15, 0.2) is 54.7 Å². The van der Waals surface area contributed by atoms with Crippen molar-refractivity contribution in [1.82, 2.24) is 9.47 Å². The second-order valence-electron chi connectivity index (χ2n) is 7.43. The van der Waals surface area contributed by atoms with Crippen LogP contribution < -0.4 is 0 Å². The lowest BCUT2D eigenvalue weighted by atomic mass is 9.74. The fourth-order valence-electron chi connectivity index (χ4n) is 4.44. The van der Waals surface area contributed by atoms with Crippen molar-refractivity contribution in [2.45, 2.75) is 25.8 Å². The first-order chi connectivity index (χ1) is 12.0. The number of hydrogen-bond donors (Lipinski definition) is 0. The highest BCUT2D eigenvalue weighted by atomic mass is 16.2. The molecule has 0 aliphatic carbocycles. The molecular formula is C22H24N2O. The molecule has 0 fully saturated rings. The maximum absolute atomic E-state index is 13.0. The summed E-state index contributed by atoms with van der Waals surface area (Å²) in [5.74, 6) is 0.829. The summed E-state index contributed by atoms with van der Waals surface area (Å²) in [6.07, 6.45) is 2.20. The number of carbonyl (C=O) groups excluding carboxylic acids is 1. The van der Waals surface area contributed by atoms with E-state index in [1.165, 1.54) is 22.0 Å². The number of benzene rings is 2. The Bertz CT molecular complexity index is 954. The van der Waals surface area contributed by atoms with Gasteiger partial charge in [-0.15, -0.1) is 0 Å². The molecule has 1 aromatic heterocycles. The van der Waals surface area contributed by atoms with Crippen LogP contribution in [-0.2, 0) is 7.05 Å². The van der Waals surface area contributed by atoms with E-state index in [2.05, 4.69) is 62.0 Å². The SMILES string of the molecule is CC(C)C1c2ccccc2C(=O)N(C)C1c1cn(C)c2ccccc12. The molecule has 1 aliphatic heterocycles. The summed E-state index contributed by atoms with van der Waals surface area (Å²) in [7, 11) is 4.02. The number of fused-ring (bicyclic) bond motifs is 2. The molecule has 3 nitrogen and oxygen atoms in total.